The van der Waals surface area contributed by atoms with Crippen molar-refractivity contribution in [2.24, 2.45) is 0 Å². The SMILES string of the molecule is Cc1ccc(-c2csc3nc(-c4ccc(C)cc4)n(C(C)(C)C(=O)O)c(=O)c23)cc1. The fraction of sp³-hybridized carbons (Fsp3) is 0.208. The van der Waals surface area contributed by atoms with Gasteiger partial charge in [-0.2, -0.15) is 0 Å². The summed E-state index contributed by atoms with van der Waals surface area (Å²) < 4.78 is 1.31. The van der Waals surface area contributed by atoms with Gasteiger partial charge in [-0.15, -0.1) is 11.3 Å². The minimum atomic E-state index is -1.47. The number of rotatable bonds is 4. The number of aliphatic carboxylic acids is 1. The molecule has 2 aromatic heterocycles. The Balaban J connectivity index is 2.08. The first-order chi connectivity index (χ1) is 14.2. The molecule has 5 nitrogen and oxygen atoms in total. The molecule has 4 rings (SSSR count). The van der Waals surface area contributed by atoms with Crippen LogP contribution in [0.25, 0.3) is 32.7 Å². The van der Waals surface area contributed by atoms with Crippen molar-refractivity contribution in [3.05, 3.63) is 75.4 Å². The number of carbonyl (C=O) groups is 1. The molecule has 2 heterocycles. The highest BCUT2D eigenvalue weighted by Gasteiger charge is 2.34. The van der Waals surface area contributed by atoms with Gasteiger partial charge in [-0.25, -0.2) is 9.78 Å². The number of benzene rings is 2. The lowest BCUT2D eigenvalue weighted by Gasteiger charge is -2.25. The number of carboxylic acids is 1. The molecule has 0 atom stereocenters. The van der Waals surface area contributed by atoms with Gasteiger partial charge in [0.1, 0.15) is 16.2 Å². The minimum absolute atomic E-state index is 0.347. The van der Waals surface area contributed by atoms with Crippen molar-refractivity contribution in [3.63, 3.8) is 0 Å². The maximum Gasteiger partial charge on any atom is 0.329 e. The molecule has 0 aliphatic rings. The van der Waals surface area contributed by atoms with Crippen molar-refractivity contribution >= 4 is 27.5 Å². The van der Waals surface area contributed by atoms with E-state index in [0.717, 1.165) is 22.3 Å². The van der Waals surface area contributed by atoms with Crippen LogP contribution >= 0.6 is 11.3 Å². The van der Waals surface area contributed by atoms with Crippen LogP contribution in [-0.4, -0.2) is 20.6 Å². The molecular formula is C24H22N2O3S. The predicted molar refractivity (Wildman–Crippen MR) is 121 cm³/mol. The van der Waals surface area contributed by atoms with Gasteiger partial charge in [-0.1, -0.05) is 59.7 Å². The fourth-order valence-corrected chi connectivity index (χ4v) is 4.38. The minimum Gasteiger partial charge on any atom is -0.480 e. The zero-order chi connectivity index (χ0) is 21.6. The first-order valence-corrected chi connectivity index (χ1v) is 10.5. The molecule has 0 aliphatic heterocycles. The van der Waals surface area contributed by atoms with Crippen molar-refractivity contribution < 1.29 is 9.90 Å². The second-order valence-electron chi connectivity index (χ2n) is 8.00. The molecule has 0 aliphatic carbocycles. The summed E-state index contributed by atoms with van der Waals surface area (Å²) in [5.41, 5.74) is 2.78. The maximum absolute atomic E-state index is 13.7. The third kappa shape index (κ3) is 3.23. The Bertz CT molecular complexity index is 1310. The van der Waals surface area contributed by atoms with Crippen molar-refractivity contribution in [1.29, 1.82) is 0 Å². The van der Waals surface area contributed by atoms with Crippen LogP contribution in [0.4, 0.5) is 0 Å². The Morgan fingerprint density at radius 2 is 1.50 bits per heavy atom. The second kappa shape index (κ2) is 7.22. The molecule has 0 fully saturated rings. The van der Waals surface area contributed by atoms with Gasteiger partial charge in [-0.3, -0.25) is 9.36 Å². The molecule has 0 amide bonds. The molecule has 0 radical (unpaired) electrons. The van der Waals surface area contributed by atoms with Gasteiger partial charge in [-0.05, 0) is 33.3 Å². The second-order valence-corrected chi connectivity index (χ2v) is 8.86. The molecule has 0 bridgehead atoms. The van der Waals surface area contributed by atoms with Crippen molar-refractivity contribution in [2.45, 2.75) is 33.2 Å². The van der Waals surface area contributed by atoms with E-state index in [2.05, 4.69) is 0 Å². The van der Waals surface area contributed by atoms with E-state index in [9.17, 15) is 14.7 Å². The van der Waals surface area contributed by atoms with Gasteiger partial charge in [0, 0.05) is 16.5 Å². The van der Waals surface area contributed by atoms with E-state index in [0.29, 0.717) is 21.6 Å². The van der Waals surface area contributed by atoms with E-state index in [4.69, 9.17) is 4.98 Å². The molecule has 1 N–H and O–H groups in total. The molecule has 4 aromatic rings. The highest BCUT2D eigenvalue weighted by molar-refractivity contribution is 7.17. The summed E-state index contributed by atoms with van der Waals surface area (Å²) in [7, 11) is 0. The average molecular weight is 419 g/mol. The average Bonchev–Trinajstić information content (AvgIpc) is 3.13. The third-order valence-electron chi connectivity index (χ3n) is 5.36. The van der Waals surface area contributed by atoms with Crippen molar-refractivity contribution in [3.8, 4) is 22.5 Å². The molecule has 2 aromatic carbocycles. The van der Waals surface area contributed by atoms with Crippen LogP contribution in [0, 0.1) is 13.8 Å². The Kier molecular flexibility index (Phi) is 4.82. The molecular weight excluding hydrogens is 396 g/mol. The number of hydrogen-bond acceptors (Lipinski definition) is 4. The van der Waals surface area contributed by atoms with E-state index >= 15 is 0 Å². The lowest BCUT2D eigenvalue weighted by Crippen LogP contribution is -2.44. The number of aryl methyl sites for hydroxylation is 2. The van der Waals surface area contributed by atoms with Crippen molar-refractivity contribution in [1.82, 2.24) is 9.55 Å². The molecule has 30 heavy (non-hydrogen) atoms. The number of hydrogen-bond donors (Lipinski definition) is 1. The molecule has 0 unspecified atom stereocenters. The van der Waals surface area contributed by atoms with Gasteiger partial charge in [0.15, 0.2) is 0 Å². The number of fused-ring (bicyclic) bond motifs is 1. The van der Waals surface area contributed by atoms with Gasteiger partial charge in [0.05, 0.1) is 5.39 Å². The molecule has 6 heteroatoms. The fourth-order valence-electron chi connectivity index (χ4n) is 3.45. The topological polar surface area (TPSA) is 72.2 Å². The highest BCUT2D eigenvalue weighted by Crippen LogP contribution is 2.34. The van der Waals surface area contributed by atoms with Crippen LogP contribution in [-0.2, 0) is 10.3 Å². The van der Waals surface area contributed by atoms with Crippen LogP contribution in [0.1, 0.15) is 25.0 Å². The normalized spacial score (nSPS) is 11.7. The predicted octanol–water partition coefficient (Wildman–Crippen LogP) is 5.23. The van der Waals surface area contributed by atoms with Crippen LogP contribution in [0.15, 0.2) is 58.7 Å². The van der Waals surface area contributed by atoms with Gasteiger partial charge < -0.3 is 5.11 Å². The van der Waals surface area contributed by atoms with Crippen LogP contribution in [0.3, 0.4) is 0 Å². The van der Waals surface area contributed by atoms with Crippen LogP contribution in [0.2, 0.25) is 0 Å². The maximum atomic E-state index is 13.7. The first kappa shape index (κ1) is 20.0. The van der Waals surface area contributed by atoms with Gasteiger partial charge >= 0.3 is 5.97 Å². The summed E-state index contributed by atoms with van der Waals surface area (Å²) in [4.78, 5) is 31.2. The highest BCUT2D eigenvalue weighted by atomic mass is 32.1. The van der Waals surface area contributed by atoms with E-state index in [-0.39, 0.29) is 5.56 Å². The number of aromatic nitrogens is 2. The summed E-state index contributed by atoms with van der Waals surface area (Å²) in [5.74, 6) is -0.733. The lowest BCUT2D eigenvalue weighted by molar-refractivity contribution is -0.145. The Labute approximate surface area is 178 Å². The smallest absolute Gasteiger partial charge is 0.329 e. The van der Waals surface area contributed by atoms with Gasteiger partial charge in [0.25, 0.3) is 5.56 Å². The largest absolute Gasteiger partial charge is 0.480 e. The summed E-state index contributed by atoms with van der Waals surface area (Å²) in [6, 6.07) is 15.5. The standard InChI is InChI=1S/C24H22N2O3S/c1-14-5-9-16(10-6-14)18-13-30-21-19(18)22(27)26(24(3,4)23(28)29)20(25-21)17-11-7-15(2)8-12-17/h5-13H,1-4H3,(H,28,29). The zero-order valence-corrected chi connectivity index (χ0v) is 18.1. The Morgan fingerprint density at radius 3 is 2.03 bits per heavy atom. The first-order valence-electron chi connectivity index (χ1n) is 9.62. The number of thiophene rings is 1. The Hall–Kier alpha value is -3.25. The van der Waals surface area contributed by atoms with Gasteiger partial charge in [0.2, 0.25) is 0 Å². The summed E-state index contributed by atoms with van der Waals surface area (Å²) in [6.45, 7) is 7.04. The molecule has 152 valence electrons. The van der Waals surface area contributed by atoms with E-state index in [1.165, 1.54) is 29.8 Å². The monoisotopic (exact) mass is 418 g/mol. The number of nitrogens with zero attached hydrogens (tertiary/aromatic N) is 2. The van der Waals surface area contributed by atoms with E-state index in [1.807, 2.05) is 67.8 Å². The number of carboxylic acid groups (broad SMARTS) is 1. The summed E-state index contributed by atoms with van der Waals surface area (Å²) >= 11 is 1.39. The summed E-state index contributed by atoms with van der Waals surface area (Å²) in [5, 5.41) is 12.3. The molecule has 0 saturated carbocycles. The zero-order valence-electron chi connectivity index (χ0n) is 17.3. The lowest BCUT2D eigenvalue weighted by atomic mass is 10.0. The van der Waals surface area contributed by atoms with Crippen molar-refractivity contribution in [2.75, 3.05) is 0 Å². The molecule has 0 spiro atoms. The van der Waals surface area contributed by atoms with Crippen LogP contribution < -0.4 is 5.56 Å². The third-order valence-corrected chi connectivity index (χ3v) is 6.23. The molecule has 0 saturated heterocycles. The van der Waals surface area contributed by atoms with E-state index in [1.54, 1.807) is 0 Å². The quantitative estimate of drug-likeness (QED) is 0.493. The van der Waals surface area contributed by atoms with Crippen LogP contribution in [0.5, 0.6) is 0 Å². The summed E-state index contributed by atoms with van der Waals surface area (Å²) in [6.07, 6.45) is 0. The van der Waals surface area contributed by atoms with E-state index < -0.39 is 11.5 Å². The Morgan fingerprint density at radius 1 is 0.967 bits per heavy atom.